The van der Waals surface area contributed by atoms with Gasteiger partial charge in [-0.25, -0.2) is 0 Å². The van der Waals surface area contributed by atoms with Crippen LogP contribution in [0.15, 0.2) is 0 Å². The van der Waals surface area contributed by atoms with Crippen molar-refractivity contribution in [1.29, 1.82) is 5.41 Å². The molecule has 7 heavy (non-hydrogen) atoms. The number of hydrogen-bond acceptors (Lipinski definition) is 1. The van der Waals surface area contributed by atoms with Crippen molar-refractivity contribution in [2.75, 3.05) is 0 Å². The molecule has 0 aromatic heterocycles. The lowest BCUT2D eigenvalue weighted by Crippen LogP contribution is -2.09. The van der Waals surface area contributed by atoms with Crippen molar-refractivity contribution in [1.82, 2.24) is 0 Å². The Balaban J connectivity index is 3.58. The smallest absolute Gasteiger partial charge is 0.0289 e. The van der Waals surface area contributed by atoms with Crippen LogP contribution in [0.1, 0.15) is 20.3 Å². The molecule has 0 spiro atoms. The third-order valence-electron chi connectivity index (χ3n) is 1.16. The second-order valence-corrected chi connectivity index (χ2v) is 2.15. The van der Waals surface area contributed by atoms with Crippen LogP contribution >= 0.6 is 0 Å². The highest BCUT2D eigenvalue weighted by Gasteiger charge is 1.99. The van der Waals surface area contributed by atoms with Gasteiger partial charge in [0.2, 0.25) is 0 Å². The van der Waals surface area contributed by atoms with E-state index in [2.05, 4.69) is 6.92 Å². The molecule has 1 N–H and O–H groups in total. The van der Waals surface area contributed by atoms with Gasteiger partial charge in [-0.1, -0.05) is 20.3 Å². The fraction of sp³-hybridized carbons (Fsp3) is 0.667. The van der Waals surface area contributed by atoms with E-state index in [4.69, 9.17) is 5.41 Å². The first kappa shape index (κ1) is 6.67. The van der Waals surface area contributed by atoms with E-state index in [0.717, 1.165) is 6.42 Å². The molecule has 0 fully saturated rings. The van der Waals surface area contributed by atoms with Crippen molar-refractivity contribution in [3.8, 4) is 0 Å². The molecule has 0 aromatic rings. The van der Waals surface area contributed by atoms with Gasteiger partial charge < -0.3 is 12.3 Å². The van der Waals surface area contributed by atoms with Crippen molar-refractivity contribution < 1.29 is 0 Å². The normalized spacial score (nSPS) is 18.1. The van der Waals surface area contributed by atoms with Crippen LogP contribution in [0.3, 0.4) is 0 Å². The van der Waals surface area contributed by atoms with Crippen LogP contribution in [0.4, 0.5) is 0 Å². The van der Waals surface area contributed by atoms with E-state index in [0.29, 0.717) is 0 Å². The second kappa shape index (κ2) is 2.10. The highest BCUT2D eigenvalue weighted by Crippen LogP contribution is 2.13. The molecular formula is C6H12N-. The molecule has 42 valence electrons. The molecule has 1 atom stereocenters. The highest BCUT2D eigenvalue weighted by molar-refractivity contribution is 5.62. The largest absolute Gasteiger partial charge is 0.332 e. The SMILES string of the molecule is [CH2-]C(C)(C=N)CC. The molecule has 1 nitrogen and oxygen atoms in total. The van der Waals surface area contributed by atoms with Crippen LogP contribution in [0.25, 0.3) is 0 Å². The first-order chi connectivity index (χ1) is 3.12. The van der Waals surface area contributed by atoms with Crippen LogP contribution in [0.2, 0.25) is 0 Å². The van der Waals surface area contributed by atoms with Crippen molar-refractivity contribution in [3.05, 3.63) is 6.92 Å². The van der Waals surface area contributed by atoms with Gasteiger partial charge in [-0.05, 0) is 6.21 Å². The zero-order chi connectivity index (χ0) is 5.91. The maximum Gasteiger partial charge on any atom is -0.0289 e. The van der Waals surface area contributed by atoms with Crippen LogP contribution in [0, 0.1) is 17.7 Å². The summed E-state index contributed by atoms with van der Waals surface area (Å²) < 4.78 is 0. The molecule has 0 aliphatic rings. The molecule has 0 aliphatic heterocycles. The summed E-state index contributed by atoms with van der Waals surface area (Å²) in [5.41, 5.74) is -0.125. The summed E-state index contributed by atoms with van der Waals surface area (Å²) in [7, 11) is 0. The van der Waals surface area contributed by atoms with E-state index in [1.807, 2.05) is 13.8 Å². The molecule has 0 amide bonds. The molecular weight excluding hydrogens is 86.1 g/mol. The lowest BCUT2D eigenvalue weighted by molar-refractivity contribution is 0.579. The number of rotatable bonds is 2. The van der Waals surface area contributed by atoms with Crippen LogP contribution in [0.5, 0.6) is 0 Å². The van der Waals surface area contributed by atoms with E-state index in [9.17, 15) is 0 Å². The summed E-state index contributed by atoms with van der Waals surface area (Å²) in [6.07, 6.45) is 2.32. The molecule has 0 heterocycles. The molecule has 0 saturated heterocycles. The topological polar surface area (TPSA) is 23.9 Å². The van der Waals surface area contributed by atoms with Crippen molar-refractivity contribution >= 4 is 6.21 Å². The Labute approximate surface area is 45.2 Å². The fourth-order valence-corrected chi connectivity index (χ4v) is 0.102. The van der Waals surface area contributed by atoms with Crippen LogP contribution in [-0.4, -0.2) is 6.21 Å². The van der Waals surface area contributed by atoms with Gasteiger partial charge in [0.15, 0.2) is 0 Å². The number of hydrogen-bond donors (Lipinski definition) is 1. The van der Waals surface area contributed by atoms with Gasteiger partial charge in [0.25, 0.3) is 0 Å². The van der Waals surface area contributed by atoms with Crippen molar-refractivity contribution in [2.24, 2.45) is 5.41 Å². The monoisotopic (exact) mass is 98.1 g/mol. The second-order valence-electron chi connectivity index (χ2n) is 2.15. The van der Waals surface area contributed by atoms with E-state index in [-0.39, 0.29) is 5.41 Å². The maximum absolute atomic E-state index is 6.82. The molecule has 0 bridgehead atoms. The Hall–Kier alpha value is -0.330. The summed E-state index contributed by atoms with van der Waals surface area (Å²) in [6, 6.07) is 0. The maximum atomic E-state index is 6.82. The summed E-state index contributed by atoms with van der Waals surface area (Å²) in [5, 5.41) is 6.82. The van der Waals surface area contributed by atoms with Crippen LogP contribution < -0.4 is 0 Å². The summed E-state index contributed by atoms with van der Waals surface area (Å²) in [4.78, 5) is 0. The average molecular weight is 98.2 g/mol. The zero-order valence-corrected chi connectivity index (χ0v) is 4.99. The van der Waals surface area contributed by atoms with Crippen LogP contribution in [-0.2, 0) is 0 Å². The third-order valence-corrected chi connectivity index (χ3v) is 1.16. The predicted octanol–water partition coefficient (Wildman–Crippen LogP) is 1.89. The van der Waals surface area contributed by atoms with Gasteiger partial charge >= 0.3 is 0 Å². The highest BCUT2D eigenvalue weighted by atomic mass is 14.4. The van der Waals surface area contributed by atoms with Gasteiger partial charge in [0, 0.05) is 0 Å². The Bertz CT molecular complexity index is 64.6. The molecule has 1 unspecified atom stereocenters. The Kier molecular flexibility index (Phi) is 2.00. The van der Waals surface area contributed by atoms with Gasteiger partial charge in [0.1, 0.15) is 0 Å². The van der Waals surface area contributed by atoms with E-state index in [1.54, 1.807) is 0 Å². The van der Waals surface area contributed by atoms with Gasteiger partial charge in [-0.3, -0.25) is 0 Å². The lowest BCUT2D eigenvalue weighted by Gasteiger charge is -2.23. The summed E-state index contributed by atoms with van der Waals surface area (Å²) in [5.74, 6) is 0. The van der Waals surface area contributed by atoms with Crippen molar-refractivity contribution in [3.63, 3.8) is 0 Å². The zero-order valence-electron chi connectivity index (χ0n) is 4.99. The quantitative estimate of drug-likeness (QED) is 0.403. The van der Waals surface area contributed by atoms with E-state index >= 15 is 0 Å². The molecule has 0 rings (SSSR count). The average Bonchev–Trinajstić information content (AvgIpc) is 1.68. The number of nitrogens with one attached hydrogen (secondary N) is 1. The first-order valence-electron chi connectivity index (χ1n) is 2.49. The van der Waals surface area contributed by atoms with Gasteiger partial charge in [0.05, 0.1) is 0 Å². The molecule has 0 aliphatic carbocycles. The minimum atomic E-state index is -0.125. The van der Waals surface area contributed by atoms with Crippen molar-refractivity contribution in [2.45, 2.75) is 20.3 Å². The third kappa shape index (κ3) is 2.38. The van der Waals surface area contributed by atoms with Gasteiger partial charge in [-0.15, -0.1) is 5.41 Å². The lowest BCUT2D eigenvalue weighted by atomic mass is 9.92. The molecule has 0 saturated carbocycles. The fourth-order valence-electron chi connectivity index (χ4n) is 0.102. The Morgan fingerprint density at radius 1 is 1.86 bits per heavy atom. The Morgan fingerprint density at radius 3 is 2.29 bits per heavy atom. The minimum absolute atomic E-state index is 0.125. The summed E-state index contributed by atoms with van der Waals surface area (Å²) >= 11 is 0. The van der Waals surface area contributed by atoms with E-state index < -0.39 is 0 Å². The molecule has 0 aromatic carbocycles. The molecule has 0 radical (unpaired) electrons. The minimum Gasteiger partial charge on any atom is -0.332 e. The van der Waals surface area contributed by atoms with Gasteiger partial charge in [-0.2, -0.15) is 0 Å². The summed E-state index contributed by atoms with van der Waals surface area (Å²) in [6.45, 7) is 7.73. The standard InChI is InChI=1S/C6H12N/c1-4-6(2,3)5-7/h5,7H,2,4H2,1,3H3/q-1. The predicted molar refractivity (Wildman–Crippen MR) is 32.5 cm³/mol. The first-order valence-corrected chi connectivity index (χ1v) is 2.49. The Morgan fingerprint density at radius 2 is 2.29 bits per heavy atom. The molecule has 1 heteroatoms. The van der Waals surface area contributed by atoms with E-state index in [1.165, 1.54) is 6.21 Å².